The molecule has 0 aromatic rings. The summed E-state index contributed by atoms with van der Waals surface area (Å²) in [6.45, 7) is 2.01. The molecule has 0 saturated heterocycles. The van der Waals surface area contributed by atoms with Gasteiger partial charge in [0.15, 0.2) is 5.83 Å². The summed E-state index contributed by atoms with van der Waals surface area (Å²) in [7, 11) is 0. The summed E-state index contributed by atoms with van der Waals surface area (Å²) in [4.78, 5) is 0. The molecule has 11 heavy (non-hydrogen) atoms. The van der Waals surface area contributed by atoms with E-state index in [0.29, 0.717) is 6.42 Å². The van der Waals surface area contributed by atoms with Gasteiger partial charge in [-0.2, -0.15) is 0 Å². The lowest BCUT2D eigenvalue weighted by Gasteiger charge is -1.94. The Morgan fingerprint density at radius 1 is 1.36 bits per heavy atom. The van der Waals surface area contributed by atoms with E-state index in [0.717, 1.165) is 25.3 Å². The third-order valence-corrected chi connectivity index (χ3v) is 1.36. The van der Waals surface area contributed by atoms with Gasteiger partial charge in [0, 0.05) is 0 Å². The molecule has 0 aliphatic heterocycles. The summed E-state index contributed by atoms with van der Waals surface area (Å²) in [6, 6.07) is 0. The first-order valence-electron chi connectivity index (χ1n) is 3.82. The van der Waals surface area contributed by atoms with E-state index in [9.17, 15) is 13.2 Å². The molecule has 3 heteroatoms. The molecule has 0 saturated carbocycles. The Kier molecular flexibility index (Phi) is 5.99. The molecule has 0 aliphatic rings. The molecule has 0 fully saturated rings. The molecule has 0 N–H and O–H groups in total. The number of allylic oxidation sites excluding steroid dienone is 2. The van der Waals surface area contributed by atoms with Crippen LogP contribution in [0.3, 0.4) is 0 Å². The molecule has 0 atom stereocenters. The smallest absolute Gasteiger partial charge is 0.206 e. The van der Waals surface area contributed by atoms with Gasteiger partial charge in [-0.25, -0.2) is 13.2 Å². The fourth-order valence-corrected chi connectivity index (χ4v) is 0.723. The molecule has 0 radical (unpaired) electrons. The predicted octanol–water partition coefficient (Wildman–Crippen LogP) is 3.69. The van der Waals surface area contributed by atoms with E-state index in [-0.39, 0.29) is 0 Å². The second-order valence-corrected chi connectivity index (χ2v) is 2.39. The minimum absolute atomic E-state index is 0.421. The van der Waals surface area contributed by atoms with Crippen molar-refractivity contribution < 1.29 is 13.2 Å². The van der Waals surface area contributed by atoms with Gasteiger partial charge in [-0.15, -0.1) is 0 Å². The molecule has 0 aromatic heterocycles. The van der Waals surface area contributed by atoms with E-state index >= 15 is 0 Å². The monoisotopic (exact) mass is 166 g/mol. The molecule has 0 bridgehead atoms. The summed E-state index contributed by atoms with van der Waals surface area (Å²) >= 11 is 0. The highest BCUT2D eigenvalue weighted by Crippen LogP contribution is 2.11. The second kappa shape index (κ2) is 6.25. The third-order valence-electron chi connectivity index (χ3n) is 1.36. The van der Waals surface area contributed by atoms with Gasteiger partial charge in [0.2, 0.25) is 0 Å². The summed E-state index contributed by atoms with van der Waals surface area (Å²) in [5.41, 5.74) is 0. The van der Waals surface area contributed by atoms with Crippen molar-refractivity contribution in [3.8, 4) is 0 Å². The average Bonchev–Trinajstić information content (AvgIpc) is 1.97. The zero-order chi connectivity index (χ0) is 8.69. The SMILES string of the molecule is CCCCC/C=C(\F)C(F)F. The maximum Gasteiger partial charge on any atom is 0.289 e. The average molecular weight is 166 g/mol. The van der Waals surface area contributed by atoms with Crippen LogP contribution < -0.4 is 0 Å². The fourth-order valence-electron chi connectivity index (χ4n) is 0.723. The number of unbranched alkanes of at least 4 members (excludes halogenated alkanes) is 3. The van der Waals surface area contributed by atoms with Crippen LogP contribution in [0.1, 0.15) is 32.6 Å². The summed E-state index contributed by atoms with van der Waals surface area (Å²) in [5, 5.41) is 0. The zero-order valence-electron chi connectivity index (χ0n) is 6.62. The molecule has 0 amide bonds. The first kappa shape index (κ1) is 10.5. The molecule has 0 spiro atoms. The maximum atomic E-state index is 12.1. The van der Waals surface area contributed by atoms with Crippen LogP contribution in [0.4, 0.5) is 13.2 Å². The van der Waals surface area contributed by atoms with Gasteiger partial charge in [-0.05, 0) is 18.9 Å². The van der Waals surface area contributed by atoms with Crippen LogP contribution >= 0.6 is 0 Å². The molecular weight excluding hydrogens is 153 g/mol. The number of alkyl halides is 2. The largest absolute Gasteiger partial charge is 0.289 e. The van der Waals surface area contributed by atoms with Crippen LogP contribution in [0.25, 0.3) is 0 Å². The van der Waals surface area contributed by atoms with Crippen LogP contribution in [-0.2, 0) is 0 Å². The van der Waals surface area contributed by atoms with Crippen molar-refractivity contribution in [1.29, 1.82) is 0 Å². The van der Waals surface area contributed by atoms with Gasteiger partial charge in [-0.1, -0.05) is 19.8 Å². The lowest BCUT2D eigenvalue weighted by atomic mass is 10.2. The first-order valence-corrected chi connectivity index (χ1v) is 3.82. The lowest BCUT2D eigenvalue weighted by molar-refractivity contribution is 0.158. The minimum Gasteiger partial charge on any atom is -0.206 e. The number of halogens is 3. The van der Waals surface area contributed by atoms with Crippen LogP contribution in [0.5, 0.6) is 0 Å². The molecule has 0 aromatic carbocycles. The van der Waals surface area contributed by atoms with Crippen LogP contribution in [0.15, 0.2) is 11.9 Å². The van der Waals surface area contributed by atoms with E-state index in [4.69, 9.17) is 0 Å². The Morgan fingerprint density at radius 2 is 2.00 bits per heavy atom. The Hall–Kier alpha value is -0.470. The van der Waals surface area contributed by atoms with Crippen LogP contribution in [0, 0.1) is 0 Å². The van der Waals surface area contributed by atoms with Crippen molar-refractivity contribution in [2.45, 2.75) is 39.0 Å². The van der Waals surface area contributed by atoms with Gasteiger partial charge in [0.1, 0.15) is 0 Å². The van der Waals surface area contributed by atoms with Crippen LogP contribution in [-0.4, -0.2) is 6.43 Å². The Balaban J connectivity index is 3.40. The predicted molar refractivity (Wildman–Crippen MR) is 39.3 cm³/mol. The van der Waals surface area contributed by atoms with Gasteiger partial charge in [-0.3, -0.25) is 0 Å². The quantitative estimate of drug-likeness (QED) is 0.546. The zero-order valence-corrected chi connectivity index (χ0v) is 6.62. The lowest BCUT2D eigenvalue weighted by Crippen LogP contribution is -1.89. The highest BCUT2D eigenvalue weighted by molar-refractivity contribution is 4.93. The van der Waals surface area contributed by atoms with Crippen molar-refractivity contribution in [2.75, 3.05) is 0 Å². The van der Waals surface area contributed by atoms with E-state index in [1.807, 2.05) is 6.92 Å². The molecule has 0 unspecified atom stereocenters. The standard InChI is InChI=1S/C8H13F3/c1-2-3-4-5-6-7(9)8(10)11/h6,8H,2-5H2,1H3/b7-6-. The van der Waals surface area contributed by atoms with Gasteiger partial charge in [0.25, 0.3) is 6.43 Å². The summed E-state index contributed by atoms with van der Waals surface area (Å²) in [5.74, 6) is -1.29. The normalized spacial score (nSPS) is 12.6. The van der Waals surface area contributed by atoms with E-state index in [1.54, 1.807) is 0 Å². The van der Waals surface area contributed by atoms with Gasteiger partial charge < -0.3 is 0 Å². The third kappa shape index (κ3) is 5.95. The second-order valence-electron chi connectivity index (χ2n) is 2.39. The highest BCUT2D eigenvalue weighted by Gasteiger charge is 2.07. The van der Waals surface area contributed by atoms with Crippen LogP contribution in [0.2, 0.25) is 0 Å². The Bertz CT molecular complexity index is 119. The molecular formula is C8H13F3. The van der Waals surface area contributed by atoms with E-state index in [1.165, 1.54) is 0 Å². The number of hydrogen-bond donors (Lipinski definition) is 0. The van der Waals surface area contributed by atoms with Crippen molar-refractivity contribution >= 4 is 0 Å². The van der Waals surface area contributed by atoms with Crippen molar-refractivity contribution in [2.24, 2.45) is 0 Å². The van der Waals surface area contributed by atoms with Gasteiger partial charge >= 0.3 is 0 Å². The Morgan fingerprint density at radius 3 is 2.45 bits per heavy atom. The van der Waals surface area contributed by atoms with Crippen molar-refractivity contribution in [3.05, 3.63) is 11.9 Å². The summed E-state index contributed by atoms with van der Waals surface area (Å²) < 4.78 is 35.1. The fraction of sp³-hybridized carbons (Fsp3) is 0.750. The highest BCUT2D eigenvalue weighted by atomic mass is 19.3. The first-order chi connectivity index (χ1) is 5.18. The molecule has 0 aliphatic carbocycles. The molecule has 66 valence electrons. The van der Waals surface area contributed by atoms with E-state index < -0.39 is 12.3 Å². The number of rotatable bonds is 5. The number of hydrogen-bond acceptors (Lipinski definition) is 0. The Labute approximate surface area is 65.1 Å². The van der Waals surface area contributed by atoms with E-state index in [2.05, 4.69) is 0 Å². The van der Waals surface area contributed by atoms with Crippen molar-refractivity contribution in [1.82, 2.24) is 0 Å². The maximum absolute atomic E-state index is 12.1. The minimum atomic E-state index is -2.93. The molecule has 0 heterocycles. The van der Waals surface area contributed by atoms with Crippen molar-refractivity contribution in [3.63, 3.8) is 0 Å². The van der Waals surface area contributed by atoms with Gasteiger partial charge in [0.05, 0.1) is 0 Å². The molecule has 0 nitrogen and oxygen atoms in total. The molecule has 0 rings (SSSR count). The summed E-state index contributed by atoms with van der Waals surface area (Å²) in [6.07, 6.45) is 1.23. The topological polar surface area (TPSA) is 0 Å².